The molecular formula is C34H37N3O4. The Hall–Kier alpha value is -4.52. The smallest absolute Gasteiger partial charge is 0.407 e. The summed E-state index contributed by atoms with van der Waals surface area (Å²) in [6, 6.07) is 28.4. The standard InChI is InChI=1S/C34H37N3O4/c1-23-20-28(31(25-14-9-6-10-15-25)37(23)26-16-11-17-27(38)21-26)32(39)36-19-18-35(33(40)41)22-29(36)30(34(2,3)4)24-12-7-5-8-13-24/h5-17,20-21,29-30,38H,18-19,22H2,1-4H3,(H,40,41)/t29-,30?/m0/s1. The van der Waals surface area contributed by atoms with Crippen molar-refractivity contribution in [3.05, 3.63) is 108 Å². The molecule has 1 aliphatic heterocycles. The topological polar surface area (TPSA) is 86.0 Å². The number of aromatic nitrogens is 1. The lowest BCUT2D eigenvalue weighted by Crippen LogP contribution is -2.59. The molecule has 212 valence electrons. The molecule has 2 heterocycles. The number of phenols is 1. The Labute approximate surface area is 241 Å². The summed E-state index contributed by atoms with van der Waals surface area (Å²) in [4.78, 5) is 30.1. The highest BCUT2D eigenvalue weighted by Crippen LogP contribution is 2.42. The lowest BCUT2D eigenvalue weighted by atomic mass is 9.71. The fourth-order valence-electron chi connectivity index (χ4n) is 6.28. The van der Waals surface area contributed by atoms with Gasteiger partial charge in [-0.05, 0) is 41.7 Å². The van der Waals surface area contributed by atoms with E-state index in [4.69, 9.17) is 0 Å². The summed E-state index contributed by atoms with van der Waals surface area (Å²) in [5.41, 5.74) is 4.60. The van der Waals surface area contributed by atoms with Crippen molar-refractivity contribution in [1.29, 1.82) is 0 Å². The van der Waals surface area contributed by atoms with Crippen LogP contribution in [0.2, 0.25) is 0 Å². The number of phenolic OH excluding ortho intramolecular Hbond substituents is 1. The van der Waals surface area contributed by atoms with Crippen molar-refractivity contribution in [1.82, 2.24) is 14.4 Å². The van der Waals surface area contributed by atoms with Crippen molar-refractivity contribution < 1.29 is 19.8 Å². The quantitative estimate of drug-likeness (QED) is 0.286. The summed E-state index contributed by atoms with van der Waals surface area (Å²) in [5.74, 6) is -0.0986. The van der Waals surface area contributed by atoms with Gasteiger partial charge in [0.15, 0.2) is 0 Å². The summed E-state index contributed by atoms with van der Waals surface area (Å²) in [7, 11) is 0. The van der Waals surface area contributed by atoms with E-state index < -0.39 is 6.09 Å². The van der Waals surface area contributed by atoms with Crippen molar-refractivity contribution >= 4 is 12.0 Å². The van der Waals surface area contributed by atoms with E-state index in [0.29, 0.717) is 12.1 Å². The molecule has 0 aliphatic carbocycles. The maximum Gasteiger partial charge on any atom is 0.407 e. The highest BCUT2D eigenvalue weighted by molar-refractivity contribution is 6.01. The second kappa shape index (κ2) is 11.2. The number of carboxylic acid groups (broad SMARTS) is 1. The second-order valence-corrected chi connectivity index (χ2v) is 11.8. The third kappa shape index (κ3) is 5.57. The van der Waals surface area contributed by atoms with Crippen molar-refractivity contribution in [3.8, 4) is 22.7 Å². The molecule has 5 rings (SSSR count). The molecule has 41 heavy (non-hydrogen) atoms. The molecule has 0 bridgehead atoms. The maximum atomic E-state index is 14.7. The predicted octanol–water partition coefficient (Wildman–Crippen LogP) is 6.79. The van der Waals surface area contributed by atoms with Crippen LogP contribution in [0.4, 0.5) is 4.79 Å². The van der Waals surface area contributed by atoms with Crippen LogP contribution in [0.5, 0.6) is 5.75 Å². The fraction of sp³-hybridized carbons (Fsp3) is 0.294. The minimum Gasteiger partial charge on any atom is -0.508 e. The average Bonchev–Trinajstić information content (AvgIpc) is 3.30. The Morgan fingerprint density at radius 1 is 0.878 bits per heavy atom. The van der Waals surface area contributed by atoms with E-state index in [1.54, 1.807) is 18.2 Å². The molecule has 4 aromatic rings. The molecular weight excluding hydrogens is 514 g/mol. The molecule has 1 aromatic heterocycles. The fourth-order valence-corrected chi connectivity index (χ4v) is 6.28. The number of hydrogen-bond acceptors (Lipinski definition) is 3. The van der Waals surface area contributed by atoms with E-state index in [2.05, 4.69) is 32.9 Å². The van der Waals surface area contributed by atoms with Gasteiger partial charge < -0.3 is 24.6 Å². The van der Waals surface area contributed by atoms with Gasteiger partial charge >= 0.3 is 6.09 Å². The number of carbonyl (C=O) groups is 2. The van der Waals surface area contributed by atoms with Crippen LogP contribution < -0.4 is 0 Å². The van der Waals surface area contributed by atoms with E-state index in [9.17, 15) is 19.8 Å². The van der Waals surface area contributed by atoms with E-state index in [-0.39, 0.29) is 42.1 Å². The van der Waals surface area contributed by atoms with Crippen molar-refractivity contribution in [3.63, 3.8) is 0 Å². The lowest BCUT2D eigenvalue weighted by Gasteiger charge is -2.48. The predicted molar refractivity (Wildman–Crippen MR) is 161 cm³/mol. The van der Waals surface area contributed by atoms with Crippen molar-refractivity contribution in [2.75, 3.05) is 19.6 Å². The lowest BCUT2D eigenvalue weighted by molar-refractivity contribution is 0.0283. The second-order valence-electron chi connectivity index (χ2n) is 11.8. The Balaban J connectivity index is 1.67. The van der Waals surface area contributed by atoms with Gasteiger partial charge in [-0.1, -0.05) is 87.5 Å². The first kappa shape index (κ1) is 28.0. The Morgan fingerprint density at radius 2 is 1.54 bits per heavy atom. The van der Waals surface area contributed by atoms with Gasteiger partial charge in [0, 0.05) is 43.0 Å². The van der Waals surface area contributed by atoms with Crippen molar-refractivity contribution in [2.45, 2.75) is 39.7 Å². The number of carbonyl (C=O) groups excluding carboxylic acids is 1. The molecule has 1 aliphatic rings. The van der Waals surface area contributed by atoms with E-state index in [0.717, 1.165) is 28.2 Å². The van der Waals surface area contributed by atoms with Gasteiger partial charge in [-0.3, -0.25) is 4.79 Å². The molecule has 2 atom stereocenters. The summed E-state index contributed by atoms with van der Waals surface area (Å²) in [5, 5.41) is 20.2. The summed E-state index contributed by atoms with van der Waals surface area (Å²) in [6.07, 6.45) is -0.973. The van der Waals surface area contributed by atoms with Crippen LogP contribution in [0.3, 0.4) is 0 Å². The molecule has 7 nitrogen and oxygen atoms in total. The molecule has 1 unspecified atom stereocenters. The number of aromatic hydroxyl groups is 1. The largest absolute Gasteiger partial charge is 0.508 e. The van der Waals surface area contributed by atoms with Crippen LogP contribution in [0.1, 0.15) is 48.3 Å². The molecule has 2 amide bonds. The molecule has 7 heteroatoms. The van der Waals surface area contributed by atoms with Crippen molar-refractivity contribution in [2.24, 2.45) is 5.41 Å². The van der Waals surface area contributed by atoms with Gasteiger partial charge in [-0.15, -0.1) is 0 Å². The van der Waals surface area contributed by atoms with Crippen LogP contribution in [0.25, 0.3) is 16.9 Å². The van der Waals surface area contributed by atoms with E-state index in [1.807, 2.05) is 77.1 Å². The zero-order chi connectivity index (χ0) is 29.3. The van der Waals surface area contributed by atoms with Crippen LogP contribution in [-0.2, 0) is 0 Å². The number of hydrogen-bond donors (Lipinski definition) is 2. The number of aryl methyl sites for hydroxylation is 1. The number of rotatable bonds is 5. The highest BCUT2D eigenvalue weighted by Gasteiger charge is 2.43. The minimum absolute atomic E-state index is 0.107. The zero-order valence-corrected chi connectivity index (χ0v) is 24.0. The first-order chi connectivity index (χ1) is 19.6. The maximum absolute atomic E-state index is 14.7. The molecule has 2 N–H and O–H groups in total. The van der Waals surface area contributed by atoms with E-state index in [1.165, 1.54) is 4.90 Å². The van der Waals surface area contributed by atoms with Gasteiger partial charge in [0.2, 0.25) is 0 Å². The van der Waals surface area contributed by atoms with Crippen LogP contribution >= 0.6 is 0 Å². The number of benzene rings is 3. The minimum atomic E-state index is -0.973. The first-order valence-corrected chi connectivity index (χ1v) is 14.0. The van der Waals surface area contributed by atoms with Gasteiger partial charge in [0.05, 0.1) is 17.3 Å². The van der Waals surface area contributed by atoms with Gasteiger partial charge in [-0.25, -0.2) is 4.79 Å². The normalized spacial score (nSPS) is 16.4. The summed E-state index contributed by atoms with van der Waals surface area (Å²) in [6.45, 7) is 9.15. The number of amides is 2. The Bertz CT molecular complexity index is 1540. The summed E-state index contributed by atoms with van der Waals surface area (Å²) >= 11 is 0. The molecule has 1 fully saturated rings. The third-order valence-electron chi connectivity index (χ3n) is 7.98. The molecule has 1 saturated heterocycles. The molecule has 0 radical (unpaired) electrons. The van der Waals surface area contributed by atoms with Gasteiger partial charge in [-0.2, -0.15) is 0 Å². The first-order valence-electron chi connectivity index (χ1n) is 14.0. The molecule has 3 aromatic carbocycles. The van der Waals surface area contributed by atoms with E-state index >= 15 is 0 Å². The summed E-state index contributed by atoms with van der Waals surface area (Å²) < 4.78 is 2.00. The third-order valence-corrected chi connectivity index (χ3v) is 7.98. The zero-order valence-electron chi connectivity index (χ0n) is 24.0. The van der Waals surface area contributed by atoms with Crippen LogP contribution in [0, 0.1) is 12.3 Å². The SMILES string of the molecule is Cc1cc(C(=O)N2CCN(C(=O)O)C[C@H]2C(c2ccccc2)C(C)(C)C)c(-c2ccccc2)n1-c1cccc(O)c1. The molecule has 0 saturated carbocycles. The highest BCUT2D eigenvalue weighted by atomic mass is 16.4. The Kier molecular flexibility index (Phi) is 7.63. The van der Waals surface area contributed by atoms with Gasteiger partial charge in [0.1, 0.15) is 5.75 Å². The Morgan fingerprint density at radius 3 is 2.15 bits per heavy atom. The number of nitrogens with zero attached hydrogens (tertiary/aromatic N) is 3. The number of piperazine rings is 1. The molecule has 0 spiro atoms. The van der Waals surface area contributed by atoms with Gasteiger partial charge in [0.25, 0.3) is 5.91 Å². The average molecular weight is 552 g/mol. The monoisotopic (exact) mass is 551 g/mol. The van der Waals surface area contributed by atoms with Crippen LogP contribution in [-0.4, -0.2) is 62.3 Å². The van der Waals surface area contributed by atoms with Crippen LogP contribution in [0.15, 0.2) is 91.0 Å².